The fourth-order valence-corrected chi connectivity index (χ4v) is 6.25. The van der Waals surface area contributed by atoms with Crippen LogP contribution in [0.2, 0.25) is 0 Å². The van der Waals surface area contributed by atoms with Crippen LogP contribution in [0.4, 0.5) is 5.69 Å². The predicted molar refractivity (Wildman–Crippen MR) is 115 cm³/mol. The van der Waals surface area contributed by atoms with Gasteiger partial charge in [-0.3, -0.25) is 9.10 Å². The molecule has 0 spiro atoms. The van der Waals surface area contributed by atoms with E-state index in [4.69, 9.17) is 4.74 Å². The summed E-state index contributed by atoms with van der Waals surface area (Å²) in [6, 6.07) is 9.26. The largest absolute Gasteiger partial charge is 0.376 e. The van der Waals surface area contributed by atoms with Crippen molar-refractivity contribution in [2.45, 2.75) is 44.9 Å². The Hall–Kier alpha value is -1.90. The summed E-state index contributed by atoms with van der Waals surface area (Å²) in [7, 11) is -3.34. The van der Waals surface area contributed by atoms with Crippen molar-refractivity contribution >= 4 is 33.0 Å². The standard InChI is InChI=1S/C21H26N2O4S2/c1-15-11-17-12-16(7-8-20(17)23(15)29(2,25)26)21(24)22(13-18-5-3-9-27-18)14-19-6-4-10-28-19/h4,6-8,10,12,15,18H,3,5,9,11,13-14H2,1-2H3. The highest BCUT2D eigenvalue weighted by molar-refractivity contribution is 7.92. The lowest BCUT2D eigenvalue weighted by atomic mass is 10.1. The van der Waals surface area contributed by atoms with Crippen LogP contribution in [0.25, 0.3) is 0 Å². The first kappa shape index (κ1) is 20.4. The topological polar surface area (TPSA) is 66.9 Å². The molecule has 2 aliphatic heterocycles. The normalized spacial score (nSPS) is 21.4. The maximum atomic E-state index is 13.4. The zero-order valence-corrected chi connectivity index (χ0v) is 18.3. The number of carbonyl (C=O) groups excluding carboxylic acids is 1. The maximum Gasteiger partial charge on any atom is 0.254 e. The number of carbonyl (C=O) groups is 1. The highest BCUT2D eigenvalue weighted by atomic mass is 32.2. The van der Waals surface area contributed by atoms with Crippen LogP contribution in [-0.4, -0.2) is 50.8 Å². The van der Waals surface area contributed by atoms with Crippen LogP contribution in [0.15, 0.2) is 35.7 Å². The average Bonchev–Trinajstić information content (AvgIpc) is 3.39. The van der Waals surface area contributed by atoms with E-state index in [1.54, 1.807) is 23.5 Å². The van der Waals surface area contributed by atoms with Crippen molar-refractivity contribution < 1.29 is 17.9 Å². The summed E-state index contributed by atoms with van der Waals surface area (Å²) in [5.74, 6) is -0.0397. The summed E-state index contributed by atoms with van der Waals surface area (Å²) in [6.07, 6.45) is 3.92. The van der Waals surface area contributed by atoms with Crippen molar-refractivity contribution in [2.75, 3.05) is 23.7 Å². The number of benzene rings is 1. The van der Waals surface area contributed by atoms with Crippen LogP contribution in [0.1, 0.15) is 40.6 Å². The first-order chi connectivity index (χ1) is 13.8. The molecule has 156 valence electrons. The van der Waals surface area contributed by atoms with Gasteiger partial charge in [-0.1, -0.05) is 6.07 Å². The fraction of sp³-hybridized carbons (Fsp3) is 0.476. The Kier molecular flexibility index (Phi) is 5.68. The molecule has 6 nitrogen and oxygen atoms in total. The van der Waals surface area contributed by atoms with Crippen LogP contribution in [0.3, 0.4) is 0 Å². The molecular formula is C21H26N2O4S2. The summed E-state index contributed by atoms with van der Waals surface area (Å²) in [5.41, 5.74) is 2.18. The third kappa shape index (κ3) is 4.34. The zero-order valence-electron chi connectivity index (χ0n) is 16.7. The Morgan fingerprint density at radius 1 is 1.34 bits per heavy atom. The van der Waals surface area contributed by atoms with E-state index in [0.717, 1.165) is 29.9 Å². The summed E-state index contributed by atoms with van der Waals surface area (Å²) >= 11 is 1.64. The predicted octanol–water partition coefficient (Wildman–Crippen LogP) is 3.28. The van der Waals surface area contributed by atoms with Gasteiger partial charge in [-0.2, -0.15) is 0 Å². The number of rotatable bonds is 6. The van der Waals surface area contributed by atoms with Crippen molar-refractivity contribution in [3.05, 3.63) is 51.7 Å². The second-order valence-corrected chi connectivity index (χ2v) is 10.7. The molecule has 29 heavy (non-hydrogen) atoms. The summed E-state index contributed by atoms with van der Waals surface area (Å²) < 4.78 is 31.5. The second kappa shape index (κ2) is 8.08. The van der Waals surface area contributed by atoms with Gasteiger partial charge in [0.05, 0.1) is 24.6 Å². The third-order valence-electron chi connectivity index (χ3n) is 5.50. The minimum Gasteiger partial charge on any atom is -0.376 e. The lowest BCUT2D eigenvalue weighted by Gasteiger charge is -2.25. The summed E-state index contributed by atoms with van der Waals surface area (Å²) in [4.78, 5) is 16.4. The summed E-state index contributed by atoms with van der Waals surface area (Å²) in [5, 5.41) is 2.01. The Labute approximate surface area is 176 Å². The molecule has 4 rings (SSSR count). The van der Waals surface area contributed by atoms with E-state index in [0.29, 0.717) is 30.8 Å². The van der Waals surface area contributed by atoms with Crippen molar-refractivity contribution in [3.8, 4) is 0 Å². The van der Waals surface area contributed by atoms with E-state index in [1.165, 1.54) is 10.6 Å². The van der Waals surface area contributed by atoms with Crippen LogP contribution in [-0.2, 0) is 27.7 Å². The van der Waals surface area contributed by atoms with Crippen LogP contribution >= 0.6 is 11.3 Å². The Morgan fingerprint density at radius 3 is 2.83 bits per heavy atom. The van der Waals surface area contributed by atoms with E-state index < -0.39 is 10.0 Å². The summed E-state index contributed by atoms with van der Waals surface area (Å²) in [6.45, 7) is 3.77. The molecule has 2 aliphatic rings. The van der Waals surface area contributed by atoms with Gasteiger partial charge in [-0.15, -0.1) is 11.3 Å². The molecule has 1 amide bonds. The molecule has 1 aromatic heterocycles. The van der Waals surface area contributed by atoms with Gasteiger partial charge in [-0.25, -0.2) is 8.42 Å². The number of hydrogen-bond acceptors (Lipinski definition) is 5. The Morgan fingerprint density at radius 2 is 2.17 bits per heavy atom. The van der Waals surface area contributed by atoms with Gasteiger partial charge in [0, 0.05) is 29.6 Å². The molecule has 0 aliphatic carbocycles. The maximum absolute atomic E-state index is 13.4. The van der Waals surface area contributed by atoms with E-state index >= 15 is 0 Å². The minimum absolute atomic E-state index is 0.0397. The van der Waals surface area contributed by atoms with Crippen LogP contribution in [0.5, 0.6) is 0 Å². The van der Waals surface area contributed by atoms with Crippen molar-refractivity contribution in [2.24, 2.45) is 0 Å². The molecule has 2 aromatic rings. The molecule has 0 radical (unpaired) electrons. The highest BCUT2D eigenvalue weighted by Gasteiger charge is 2.33. The van der Waals surface area contributed by atoms with Crippen molar-refractivity contribution in [1.82, 2.24) is 4.90 Å². The molecule has 1 saturated heterocycles. The molecule has 0 bridgehead atoms. The number of nitrogens with zero attached hydrogens (tertiary/aromatic N) is 2. The molecule has 0 saturated carbocycles. The van der Waals surface area contributed by atoms with E-state index in [2.05, 4.69) is 0 Å². The number of hydrogen-bond donors (Lipinski definition) is 0. The lowest BCUT2D eigenvalue weighted by Crippen LogP contribution is -2.36. The SMILES string of the molecule is CC1Cc2cc(C(=O)N(Cc3cccs3)CC3CCCO3)ccc2N1S(C)(=O)=O. The Balaban J connectivity index is 1.60. The van der Waals surface area contributed by atoms with Gasteiger partial charge in [-0.05, 0) is 61.4 Å². The molecule has 2 unspecified atom stereocenters. The number of thiophene rings is 1. The first-order valence-corrected chi connectivity index (χ1v) is 12.6. The van der Waals surface area contributed by atoms with E-state index in [-0.39, 0.29) is 18.1 Å². The molecule has 3 heterocycles. The van der Waals surface area contributed by atoms with E-state index in [9.17, 15) is 13.2 Å². The van der Waals surface area contributed by atoms with Gasteiger partial charge in [0.1, 0.15) is 0 Å². The smallest absolute Gasteiger partial charge is 0.254 e. The lowest BCUT2D eigenvalue weighted by molar-refractivity contribution is 0.0509. The van der Waals surface area contributed by atoms with Crippen LogP contribution in [0, 0.1) is 0 Å². The van der Waals surface area contributed by atoms with Gasteiger partial charge in [0.25, 0.3) is 5.91 Å². The molecule has 2 atom stereocenters. The fourth-order valence-electron chi connectivity index (χ4n) is 4.27. The molecule has 8 heteroatoms. The monoisotopic (exact) mass is 434 g/mol. The third-order valence-corrected chi connectivity index (χ3v) is 7.63. The van der Waals surface area contributed by atoms with Gasteiger partial charge < -0.3 is 9.64 Å². The van der Waals surface area contributed by atoms with Gasteiger partial charge >= 0.3 is 0 Å². The van der Waals surface area contributed by atoms with Crippen molar-refractivity contribution in [1.29, 1.82) is 0 Å². The Bertz CT molecular complexity index is 982. The zero-order chi connectivity index (χ0) is 20.6. The highest BCUT2D eigenvalue weighted by Crippen LogP contribution is 2.35. The average molecular weight is 435 g/mol. The number of amides is 1. The first-order valence-electron chi connectivity index (χ1n) is 9.88. The number of fused-ring (bicyclic) bond motifs is 1. The quantitative estimate of drug-likeness (QED) is 0.700. The number of sulfonamides is 1. The van der Waals surface area contributed by atoms with Crippen molar-refractivity contribution in [3.63, 3.8) is 0 Å². The van der Waals surface area contributed by atoms with Gasteiger partial charge in [0.15, 0.2) is 0 Å². The number of ether oxygens (including phenoxy) is 1. The molecule has 0 N–H and O–H groups in total. The molecular weight excluding hydrogens is 408 g/mol. The van der Waals surface area contributed by atoms with Crippen LogP contribution < -0.4 is 4.31 Å². The van der Waals surface area contributed by atoms with Gasteiger partial charge in [0.2, 0.25) is 10.0 Å². The molecule has 1 aromatic carbocycles. The van der Waals surface area contributed by atoms with E-state index in [1.807, 2.05) is 35.4 Å². The molecule has 1 fully saturated rings. The number of anilines is 1. The second-order valence-electron chi connectivity index (χ2n) is 7.86. The minimum atomic E-state index is -3.34.